The number of aliphatic hydroxyl groups is 1. The van der Waals surface area contributed by atoms with Gasteiger partial charge < -0.3 is 15.2 Å². The van der Waals surface area contributed by atoms with Crippen LogP contribution in [0.2, 0.25) is 0 Å². The largest absolute Gasteiger partial charge is 0.385 e. The smallest absolute Gasteiger partial charge is 0.225 e. The van der Waals surface area contributed by atoms with Crippen molar-refractivity contribution in [3.8, 4) is 0 Å². The second-order valence-electron chi connectivity index (χ2n) is 2.86. The lowest BCUT2D eigenvalue weighted by molar-refractivity contribution is 0.190. The van der Waals surface area contributed by atoms with Crippen LogP contribution in [-0.4, -0.2) is 30.2 Å². The summed E-state index contributed by atoms with van der Waals surface area (Å²) in [4.78, 5) is 3.72. The molecule has 0 aromatic heterocycles. The van der Waals surface area contributed by atoms with Gasteiger partial charge in [-0.15, -0.1) is 12.6 Å². The predicted molar refractivity (Wildman–Crippen MR) is 54.8 cm³/mol. The highest BCUT2D eigenvalue weighted by Gasteiger charge is 2.19. The normalized spacial score (nSPS) is 26.8. The first-order chi connectivity index (χ1) is 6.14. The van der Waals surface area contributed by atoms with Crippen LogP contribution >= 0.6 is 12.6 Å². The summed E-state index contributed by atoms with van der Waals surface area (Å²) in [6, 6.07) is 0. The number of hydrogen-bond acceptors (Lipinski definition) is 5. The highest BCUT2D eigenvalue weighted by Crippen LogP contribution is 2.19. The van der Waals surface area contributed by atoms with Gasteiger partial charge >= 0.3 is 0 Å². The van der Waals surface area contributed by atoms with E-state index in [2.05, 4.69) is 22.9 Å². The molecule has 13 heavy (non-hydrogen) atoms. The average Bonchev–Trinajstić information content (AvgIpc) is 2.03. The first-order valence-electron chi connectivity index (χ1n) is 4.10. The van der Waals surface area contributed by atoms with Crippen LogP contribution in [0.15, 0.2) is 16.8 Å². The fraction of sp³-hybridized carbons (Fsp3) is 0.625. The molecule has 0 aromatic rings. The third kappa shape index (κ3) is 3.80. The minimum absolute atomic E-state index is 0.709. The highest BCUT2D eigenvalue weighted by atomic mass is 32.1. The number of methoxy groups -OCH3 is 1. The monoisotopic (exact) mass is 202 g/mol. The Hall–Kier alpha value is -0.520. The fourth-order valence-electron chi connectivity index (χ4n) is 1.07. The van der Waals surface area contributed by atoms with Crippen LogP contribution in [0.1, 0.15) is 12.8 Å². The lowest BCUT2D eigenvalue weighted by Gasteiger charge is -2.19. The summed E-state index contributed by atoms with van der Waals surface area (Å²) >= 11 is 3.93. The summed E-state index contributed by atoms with van der Waals surface area (Å²) in [7, 11) is 1.67. The van der Waals surface area contributed by atoms with Gasteiger partial charge in [-0.2, -0.15) is 0 Å². The van der Waals surface area contributed by atoms with Crippen LogP contribution in [0.4, 0.5) is 0 Å². The maximum atomic E-state index is 9.42. The summed E-state index contributed by atoms with van der Waals surface area (Å²) in [6.07, 6.45) is 4.77. The van der Waals surface area contributed by atoms with E-state index in [1.165, 1.54) is 6.34 Å². The van der Waals surface area contributed by atoms with E-state index in [0.717, 1.165) is 18.5 Å². The van der Waals surface area contributed by atoms with Gasteiger partial charge in [-0.1, -0.05) is 0 Å². The summed E-state index contributed by atoms with van der Waals surface area (Å²) in [5.41, 5.74) is 0.921. The van der Waals surface area contributed by atoms with Gasteiger partial charge in [0.1, 0.15) is 0 Å². The zero-order valence-electron chi connectivity index (χ0n) is 7.53. The second-order valence-corrected chi connectivity index (χ2v) is 3.51. The van der Waals surface area contributed by atoms with Gasteiger partial charge in [-0.25, -0.2) is 4.99 Å². The van der Waals surface area contributed by atoms with Crippen LogP contribution in [0, 0.1) is 0 Å². The lowest BCUT2D eigenvalue weighted by atomic mass is 10.2. The summed E-state index contributed by atoms with van der Waals surface area (Å²) in [5.74, 6) is 0. The summed E-state index contributed by atoms with van der Waals surface area (Å²) in [6.45, 7) is 0.709. The van der Waals surface area contributed by atoms with Crippen LogP contribution in [0.25, 0.3) is 0 Å². The first-order valence-corrected chi connectivity index (χ1v) is 4.54. The molecule has 2 N–H and O–H groups in total. The Balaban J connectivity index is 2.38. The number of hydrogen-bond donors (Lipinski definition) is 3. The van der Waals surface area contributed by atoms with E-state index in [9.17, 15) is 5.11 Å². The SMILES string of the molecule is COCCCC1=CC(O)(S)N=CN1. The van der Waals surface area contributed by atoms with E-state index in [4.69, 9.17) is 4.74 Å². The third-order valence-electron chi connectivity index (χ3n) is 1.67. The Labute approximate surface area is 83.1 Å². The van der Waals surface area contributed by atoms with Crippen molar-refractivity contribution in [2.75, 3.05) is 13.7 Å². The Kier molecular flexibility index (Phi) is 3.77. The molecule has 0 aromatic carbocycles. The van der Waals surface area contributed by atoms with Crippen LogP contribution in [-0.2, 0) is 4.74 Å². The molecule has 0 aliphatic carbocycles. The number of thiol groups is 1. The maximum Gasteiger partial charge on any atom is 0.225 e. The molecule has 0 bridgehead atoms. The molecule has 74 valence electrons. The van der Waals surface area contributed by atoms with Gasteiger partial charge in [-0.3, -0.25) is 0 Å². The van der Waals surface area contributed by atoms with Gasteiger partial charge in [0, 0.05) is 19.4 Å². The molecule has 1 aliphatic rings. The third-order valence-corrected chi connectivity index (χ3v) is 1.91. The maximum absolute atomic E-state index is 9.42. The number of allylic oxidation sites excluding steroid dienone is 1. The van der Waals surface area contributed by atoms with E-state index >= 15 is 0 Å². The molecule has 0 fully saturated rings. The van der Waals surface area contributed by atoms with Crippen LogP contribution in [0.3, 0.4) is 0 Å². The molecule has 0 amide bonds. The van der Waals surface area contributed by atoms with E-state index < -0.39 is 5.06 Å². The van der Waals surface area contributed by atoms with E-state index in [0.29, 0.717) is 6.61 Å². The summed E-state index contributed by atoms with van der Waals surface area (Å²) < 4.78 is 4.91. The van der Waals surface area contributed by atoms with E-state index in [-0.39, 0.29) is 0 Å². The summed E-state index contributed by atoms with van der Waals surface area (Å²) in [5, 5.41) is 11.0. The van der Waals surface area contributed by atoms with Gasteiger partial charge in [0.15, 0.2) is 0 Å². The Bertz CT molecular complexity index is 226. The topological polar surface area (TPSA) is 53.9 Å². The van der Waals surface area contributed by atoms with Gasteiger partial charge in [-0.05, 0) is 18.9 Å². The Morgan fingerprint density at radius 2 is 2.54 bits per heavy atom. The van der Waals surface area contributed by atoms with Crippen molar-refractivity contribution in [1.82, 2.24) is 5.32 Å². The second kappa shape index (κ2) is 4.64. The number of aliphatic imine (C=N–C) groups is 1. The molecule has 4 nitrogen and oxygen atoms in total. The van der Waals surface area contributed by atoms with Crippen molar-refractivity contribution < 1.29 is 9.84 Å². The molecule has 0 radical (unpaired) electrons. The molecule has 1 rings (SSSR count). The standard InChI is InChI=1S/C8H14N2O2S/c1-12-4-2-3-7-5-8(11,13)10-6-9-7/h5-6,11,13H,2-4H2,1H3,(H,9,10). The lowest BCUT2D eigenvalue weighted by Crippen LogP contribution is -2.26. The zero-order valence-corrected chi connectivity index (χ0v) is 8.42. The van der Waals surface area contributed by atoms with E-state index in [1.807, 2.05) is 0 Å². The molecule has 0 saturated carbocycles. The Morgan fingerprint density at radius 3 is 3.15 bits per heavy atom. The van der Waals surface area contributed by atoms with Crippen molar-refractivity contribution in [2.24, 2.45) is 4.99 Å². The minimum Gasteiger partial charge on any atom is -0.385 e. The minimum atomic E-state index is -1.35. The zero-order chi connectivity index (χ0) is 9.73. The van der Waals surface area contributed by atoms with Crippen molar-refractivity contribution in [2.45, 2.75) is 17.9 Å². The van der Waals surface area contributed by atoms with Crippen LogP contribution < -0.4 is 5.32 Å². The fourth-order valence-corrected chi connectivity index (χ4v) is 1.29. The van der Waals surface area contributed by atoms with E-state index in [1.54, 1.807) is 13.2 Å². The molecular weight excluding hydrogens is 188 g/mol. The Morgan fingerprint density at radius 1 is 1.77 bits per heavy atom. The number of ether oxygens (including phenoxy) is 1. The van der Waals surface area contributed by atoms with Gasteiger partial charge in [0.25, 0.3) is 0 Å². The predicted octanol–water partition coefficient (Wildman–Crippen LogP) is 0.504. The first kappa shape index (κ1) is 10.6. The van der Waals surface area contributed by atoms with Crippen molar-refractivity contribution >= 4 is 19.0 Å². The molecular formula is C8H14N2O2S. The molecule has 1 aliphatic heterocycles. The number of rotatable bonds is 4. The van der Waals surface area contributed by atoms with Crippen molar-refractivity contribution in [1.29, 1.82) is 0 Å². The van der Waals surface area contributed by atoms with Crippen molar-refractivity contribution in [3.63, 3.8) is 0 Å². The quantitative estimate of drug-likeness (QED) is 0.353. The average molecular weight is 202 g/mol. The van der Waals surface area contributed by atoms with Gasteiger partial charge in [0.05, 0.1) is 6.34 Å². The molecule has 1 heterocycles. The number of nitrogens with zero attached hydrogens (tertiary/aromatic N) is 1. The highest BCUT2D eigenvalue weighted by molar-refractivity contribution is 7.81. The molecule has 5 heteroatoms. The van der Waals surface area contributed by atoms with Crippen molar-refractivity contribution in [3.05, 3.63) is 11.8 Å². The molecule has 1 unspecified atom stereocenters. The number of nitrogens with one attached hydrogen (secondary N) is 1. The molecule has 0 saturated heterocycles. The molecule has 0 spiro atoms. The van der Waals surface area contributed by atoms with Crippen LogP contribution in [0.5, 0.6) is 0 Å². The van der Waals surface area contributed by atoms with Gasteiger partial charge in [0.2, 0.25) is 5.06 Å². The molecule has 1 atom stereocenters.